The van der Waals surface area contributed by atoms with E-state index in [1.807, 2.05) is 0 Å². The summed E-state index contributed by atoms with van der Waals surface area (Å²) in [7, 11) is 1.80. The third kappa shape index (κ3) is 3.01. The number of aryl methyl sites for hydroxylation is 1. The van der Waals surface area contributed by atoms with Gasteiger partial charge >= 0.3 is 0 Å². The van der Waals surface area contributed by atoms with E-state index in [9.17, 15) is 0 Å². The van der Waals surface area contributed by atoms with E-state index in [1.54, 1.807) is 7.11 Å². The van der Waals surface area contributed by atoms with Crippen molar-refractivity contribution in [1.82, 2.24) is 5.32 Å². The highest BCUT2D eigenvalue weighted by Crippen LogP contribution is 2.42. The molecule has 1 aliphatic carbocycles. The molecule has 2 rings (SSSR count). The molecule has 0 aliphatic heterocycles. The van der Waals surface area contributed by atoms with Crippen molar-refractivity contribution in [3.8, 4) is 5.75 Å². The van der Waals surface area contributed by atoms with Crippen LogP contribution in [0.25, 0.3) is 0 Å². The molecule has 1 aromatic carbocycles. The van der Waals surface area contributed by atoms with Gasteiger partial charge in [-0.1, -0.05) is 32.4 Å². The summed E-state index contributed by atoms with van der Waals surface area (Å²) in [6, 6.07) is 4.92. The van der Waals surface area contributed by atoms with Gasteiger partial charge in [0.25, 0.3) is 0 Å². The normalized spacial score (nSPS) is 23.9. The number of benzene rings is 1. The van der Waals surface area contributed by atoms with Gasteiger partial charge in [-0.3, -0.25) is 0 Å². The summed E-state index contributed by atoms with van der Waals surface area (Å²) in [5.74, 6) is 2.68. The van der Waals surface area contributed by atoms with Crippen LogP contribution in [0.15, 0.2) is 12.1 Å². The van der Waals surface area contributed by atoms with Crippen LogP contribution in [-0.4, -0.2) is 13.7 Å². The smallest absolute Gasteiger partial charge is 0.126 e. The number of hydrogen-bond acceptors (Lipinski definition) is 2. The van der Waals surface area contributed by atoms with Crippen LogP contribution in [-0.2, 0) is 0 Å². The van der Waals surface area contributed by atoms with E-state index in [0.29, 0.717) is 6.04 Å². The minimum Gasteiger partial charge on any atom is -0.496 e. The molecule has 0 spiro atoms. The average Bonchev–Trinajstić information content (AvgIpc) is 2.86. The van der Waals surface area contributed by atoms with Crippen LogP contribution in [0, 0.1) is 25.7 Å². The maximum Gasteiger partial charge on any atom is 0.126 e. The molecule has 0 bridgehead atoms. The van der Waals surface area contributed by atoms with Crippen LogP contribution in [0.4, 0.5) is 0 Å². The van der Waals surface area contributed by atoms with Crippen molar-refractivity contribution in [2.75, 3.05) is 13.7 Å². The summed E-state index contributed by atoms with van der Waals surface area (Å²) in [4.78, 5) is 0. The molecule has 112 valence electrons. The van der Waals surface area contributed by atoms with Crippen molar-refractivity contribution in [1.29, 1.82) is 0 Å². The number of nitrogens with one attached hydrogen (secondary N) is 1. The van der Waals surface area contributed by atoms with Crippen LogP contribution < -0.4 is 10.1 Å². The van der Waals surface area contributed by atoms with Gasteiger partial charge in [-0.25, -0.2) is 0 Å². The summed E-state index contributed by atoms with van der Waals surface area (Å²) >= 11 is 0. The molecule has 0 heterocycles. The van der Waals surface area contributed by atoms with Crippen LogP contribution in [0.3, 0.4) is 0 Å². The SMILES string of the molecule is CCNC(c1ccc(C)c(C)c1OC)C1CCC(C)C1. The van der Waals surface area contributed by atoms with E-state index in [0.717, 1.165) is 24.1 Å². The third-order valence-electron chi connectivity index (χ3n) is 4.88. The molecule has 0 amide bonds. The minimum atomic E-state index is 0.430. The number of rotatable bonds is 5. The molecule has 1 fully saturated rings. The molecule has 2 heteroatoms. The highest BCUT2D eigenvalue weighted by Gasteiger charge is 2.31. The number of ether oxygens (including phenoxy) is 1. The Morgan fingerprint density at radius 3 is 2.60 bits per heavy atom. The highest BCUT2D eigenvalue weighted by molar-refractivity contribution is 5.47. The van der Waals surface area contributed by atoms with Crippen LogP contribution in [0.1, 0.15) is 55.8 Å². The summed E-state index contributed by atoms with van der Waals surface area (Å²) < 4.78 is 5.73. The van der Waals surface area contributed by atoms with Crippen molar-refractivity contribution in [2.45, 2.75) is 53.0 Å². The van der Waals surface area contributed by atoms with Gasteiger partial charge in [-0.15, -0.1) is 0 Å². The van der Waals surface area contributed by atoms with E-state index in [1.165, 1.54) is 36.0 Å². The second-order valence-corrected chi connectivity index (χ2v) is 6.34. The van der Waals surface area contributed by atoms with E-state index in [2.05, 4.69) is 45.1 Å². The van der Waals surface area contributed by atoms with Gasteiger partial charge in [0.05, 0.1) is 7.11 Å². The summed E-state index contributed by atoms with van der Waals surface area (Å²) in [5, 5.41) is 3.70. The molecule has 1 saturated carbocycles. The Balaban J connectivity index is 2.36. The zero-order chi connectivity index (χ0) is 14.7. The predicted molar refractivity (Wildman–Crippen MR) is 85.4 cm³/mol. The molecule has 1 aliphatic rings. The Morgan fingerprint density at radius 1 is 1.30 bits per heavy atom. The van der Waals surface area contributed by atoms with E-state index in [-0.39, 0.29) is 0 Å². The highest BCUT2D eigenvalue weighted by atomic mass is 16.5. The third-order valence-corrected chi connectivity index (χ3v) is 4.88. The number of hydrogen-bond donors (Lipinski definition) is 1. The zero-order valence-electron chi connectivity index (χ0n) is 13.6. The first-order chi connectivity index (χ1) is 9.58. The standard InChI is InChI=1S/C18H29NO/c1-6-19-17(15-9-7-12(2)11-15)16-10-8-13(3)14(4)18(16)20-5/h8,10,12,15,17,19H,6-7,9,11H2,1-5H3. The van der Waals surface area contributed by atoms with Crippen molar-refractivity contribution < 1.29 is 4.74 Å². The van der Waals surface area contributed by atoms with Gasteiger partial charge < -0.3 is 10.1 Å². The maximum atomic E-state index is 5.73. The van der Waals surface area contributed by atoms with Crippen LogP contribution in [0.5, 0.6) is 5.75 Å². The molecule has 20 heavy (non-hydrogen) atoms. The molecule has 0 aromatic heterocycles. The summed E-state index contributed by atoms with van der Waals surface area (Å²) in [6.45, 7) is 9.89. The molecule has 2 nitrogen and oxygen atoms in total. The first-order valence-electron chi connectivity index (χ1n) is 7.95. The topological polar surface area (TPSA) is 21.3 Å². The fourth-order valence-electron chi connectivity index (χ4n) is 3.63. The predicted octanol–water partition coefficient (Wildman–Crippen LogP) is 4.40. The first kappa shape index (κ1) is 15.4. The van der Waals surface area contributed by atoms with Crippen molar-refractivity contribution in [3.63, 3.8) is 0 Å². The zero-order valence-corrected chi connectivity index (χ0v) is 13.6. The van der Waals surface area contributed by atoms with Crippen molar-refractivity contribution in [3.05, 3.63) is 28.8 Å². The van der Waals surface area contributed by atoms with Crippen LogP contribution >= 0.6 is 0 Å². The molecular formula is C18H29NO. The fraction of sp³-hybridized carbons (Fsp3) is 0.667. The lowest BCUT2D eigenvalue weighted by atomic mass is 9.88. The van der Waals surface area contributed by atoms with Crippen molar-refractivity contribution >= 4 is 0 Å². The fourth-order valence-corrected chi connectivity index (χ4v) is 3.63. The second-order valence-electron chi connectivity index (χ2n) is 6.34. The lowest BCUT2D eigenvalue weighted by Gasteiger charge is -2.27. The van der Waals surface area contributed by atoms with Gasteiger partial charge in [0.15, 0.2) is 0 Å². The Kier molecular flexibility index (Phi) is 5.09. The molecule has 0 radical (unpaired) electrons. The summed E-state index contributed by atoms with van der Waals surface area (Å²) in [6.07, 6.45) is 4.02. The van der Waals surface area contributed by atoms with Gasteiger partial charge in [0, 0.05) is 11.6 Å². The largest absolute Gasteiger partial charge is 0.496 e. The van der Waals surface area contributed by atoms with Gasteiger partial charge in [0.1, 0.15) is 5.75 Å². The lowest BCUT2D eigenvalue weighted by Crippen LogP contribution is -2.27. The van der Waals surface area contributed by atoms with E-state index in [4.69, 9.17) is 4.74 Å². The molecule has 1 aromatic rings. The minimum absolute atomic E-state index is 0.430. The van der Waals surface area contributed by atoms with Gasteiger partial charge in [-0.05, 0) is 56.2 Å². The van der Waals surface area contributed by atoms with E-state index >= 15 is 0 Å². The van der Waals surface area contributed by atoms with Crippen LogP contribution in [0.2, 0.25) is 0 Å². The van der Waals surface area contributed by atoms with Gasteiger partial charge in [0.2, 0.25) is 0 Å². The van der Waals surface area contributed by atoms with Crippen molar-refractivity contribution in [2.24, 2.45) is 11.8 Å². The Labute approximate surface area is 123 Å². The molecule has 0 saturated heterocycles. The van der Waals surface area contributed by atoms with E-state index < -0.39 is 0 Å². The Morgan fingerprint density at radius 2 is 2.05 bits per heavy atom. The average molecular weight is 275 g/mol. The number of methoxy groups -OCH3 is 1. The Hall–Kier alpha value is -1.02. The Bertz CT molecular complexity index is 455. The first-order valence-corrected chi connectivity index (χ1v) is 7.95. The maximum absolute atomic E-state index is 5.73. The van der Waals surface area contributed by atoms with Gasteiger partial charge in [-0.2, -0.15) is 0 Å². The molecular weight excluding hydrogens is 246 g/mol. The second kappa shape index (κ2) is 6.62. The molecule has 3 unspecified atom stereocenters. The summed E-state index contributed by atoms with van der Waals surface area (Å²) in [5.41, 5.74) is 3.93. The lowest BCUT2D eigenvalue weighted by molar-refractivity contribution is 0.342. The molecule has 1 N–H and O–H groups in total. The molecule has 3 atom stereocenters. The monoisotopic (exact) mass is 275 g/mol. The quantitative estimate of drug-likeness (QED) is 0.860.